The van der Waals surface area contributed by atoms with Gasteiger partial charge in [0, 0.05) is 0 Å². The number of pyridine rings is 1. The fraction of sp³-hybridized carbons (Fsp3) is 0.545. The number of ether oxygens (including phenoxy) is 1. The maximum Gasteiger partial charge on any atom is 0.255 e. The number of rotatable bonds is 6. The highest BCUT2D eigenvalue weighted by Gasteiger charge is 2.07. The molecule has 17 heavy (non-hydrogen) atoms. The van der Waals surface area contributed by atoms with E-state index < -0.39 is 13.0 Å². The van der Waals surface area contributed by atoms with Gasteiger partial charge in [-0.15, -0.1) is 0 Å². The molecular formula is C11H17F2N3O. The summed E-state index contributed by atoms with van der Waals surface area (Å²) in [5.74, 6) is 0.949. The van der Waals surface area contributed by atoms with Crippen LogP contribution in [0.15, 0.2) is 12.1 Å². The Balaban J connectivity index is 2.65. The molecule has 0 aliphatic carbocycles. The maximum atomic E-state index is 12.0. The first-order chi connectivity index (χ1) is 7.99. The fourth-order valence-electron chi connectivity index (χ4n) is 1.09. The number of hydrogen-bond donors (Lipinski definition) is 2. The van der Waals surface area contributed by atoms with Gasteiger partial charge in [-0.25, -0.2) is 8.78 Å². The first-order valence-electron chi connectivity index (χ1n) is 5.40. The van der Waals surface area contributed by atoms with Gasteiger partial charge >= 0.3 is 0 Å². The third-order valence-corrected chi connectivity index (χ3v) is 1.88. The summed E-state index contributed by atoms with van der Waals surface area (Å²) in [6.45, 7) is 4.03. The molecule has 0 spiro atoms. The number of nitrogen functional groups attached to an aromatic ring is 1. The fourth-order valence-corrected chi connectivity index (χ4v) is 1.09. The average Bonchev–Trinajstić information content (AvgIpc) is 2.26. The van der Waals surface area contributed by atoms with Crippen molar-refractivity contribution in [2.45, 2.75) is 20.3 Å². The lowest BCUT2D eigenvalue weighted by Crippen LogP contribution is -2.13. The summed E-state index contributed by atoms with van der Waals surface area (Å²) in [6, 6.07) is 3.12. The van der Waals surface area contributed by atoms with Crippen LogP contribution in [0.2, 0.25) is 0 Å². The van der Waals surface area contributed by atoms with Crippen LogP contribution in [0.1, 0.15) is 13.8 Å². The summed E-state index contributed by atoms with van der Waals surface area (Å²) in [4.78, 5) is 4.02. The predicted molar refractivity (Wildman–Crippen MR) is 63.5 cm³/mol. The highest BCUT2D eigenvalue weighted by atomic mass is 19.3. The van der Waals surface area contributed by atoms with Crippen LogP contribution >= 0.6 is 0 Å². The molecule has 1 aromatic rings. The molecule has 1 rings (SSSR count). The first kappa shape index (κ1) is 13.5. The lowest BCUT2D eigenvalue weighted by Gasteiger charge is -2.12. The van der Waals surface area contributed by atoms with Gasteiger partial charge in [0.2, 0.25) is 5.88 Å². The Kier molecular flexibility index (Phi) is 4.93. The molecule has 0 saturated carbocycles. The van der Waals surface area contributed by atoms with Crippen molar-refractivity contribution in [1.29, 1.82) is 0 Å². The van der Waals surface area contributed by atoms with E-state index in [4.69, 9.17) is 10.5 Å². The van der Waals surface area contributed by atoms with Crippen LogP contribution in [0.4, 0.5) is 20.3 Å². The minimum atomic E-state index is -2.42. The molecule has 0 unspecified atom stereocenters. The van der Waals surface area contributed by atoms with Crippen LogP contribution in [0, 0.1) is 5.92 Å². The van der Waals surface area contributed by atoms with Gasteiger partial charge in [-0.1, -0.05) is 13.8 Å². The predicted octanol–water partition coefficient (Wildman–Crippen LogP) is 2.38. The zero-order chi connectivity index (χ0) is 12.8. The van der Waals surface area contributed by atoms with E-state index >= 15 is 0 Å². The van der Waals surface area contributed by atoms with Crippen molar-refractivity contribution < 1.29 is 13.5 Å². The van der Waals surface area contributed by atoms with Crippen molar-refractivity contribution in [3.8, 4) is 5.88 Å². The highest BCUT2D eigenvalue weighted by molar-refractivity contribution is 5.53. The normalized spacial score (nSPS) is 10.9. The lowest BCUT2D eigenvalue weighted by atomic mass is 10.2. The number of halogens is 2. The molecular weight excluding hydrogens is 228 g/mol. The van der Waals surface area contributed by atoms with Gasteiger partial charge in [0.1, 0.15) is 5.82 Å². The van der Waals surface area contributed by atoms with Gasteiger partial charge < -0.3 is 15.8 Å². The first-order valence-corrected chi connectivity index (χ1v) is 5.40. The van der Waals surface area contributed by atoms with Gasteiger partial charge in [-0.2, -0.15) is 4.98 Å². The molecule has 0 aromatic carbocycles. The lowest BCUT2D eigenvalue weighted by molar-refractivity contribution is 0.163. The molecule has 0 amide bonds. The second-order valence-electron chi connectivity index (χ2n) is 4.07. The number of hydrogen-bond acceptors (Lipinski definition) is 4. The number of aromatic nitrogens is 1. The van der Waals surface area contributed by atoms with Crippen LogP contribution in [0.5, 0.6) is 5.88 Å². The van der Waals surface area contributed by atoms with Crippen molar-refractivity contribution in [2.24, 2.45) is 5.92 Å². The maximum absolute atomic E-state index is 12.0. The topological polar surface area (TPSA) is 60.2 Å². The molecule has 0 fully saturated rings. The molecule has 96 valence electrons. The molecule has 3 N–H and O–H groups in total. The zero-order valence-corrected chi connectivity index (χ0v) is 9.91. The summed E-state index contributed by atoms with van der Waals surface area (Å²) in [5, 5.41) is 2.50. The quantitative estimate of drug-likeness (QED) is 0.807. The van der Waals surface area contributed by atoms with Crippen LogP contribution in [-0.2, 0) is 0 Å². The van der Waals surface area contributed by atoms with E-state index in [-0.39, 0.29) is 5.88 Å². The van der Waals surface area contributed by atoms with E-state index in [2.05, 4.69) is 10.3 Å². The van der Waals surface area contributed by atoms with Gasteiger partial charge in [0.05, 0.1) is 18.8 Å². The van der Waals surface area contributed by atoms with Gasteiger partial charge in [-0.3, -0.25) is 0 Å². The van der Waals surface area contributed by atoms with Crippen LogP contribution in [0.25, 0.3) is 0 Å². The number of anilines is 2. The molecule has 0 atom stereocenters. The van der Waals surface area contributed by atoms with E-state index in [1.807, 2.05) is 13.8 Å². The van der Waals surface area contributed by atoms with E-state index in [1.54, 1.807) is 12.1 Å². The number of nitrogens with two attached hydrogens (primary N) is 1. The Labute approximate surface area is 99.2 Å². The molecule has 6 heteroatoms. The smallest absolute Gasteiger partial charge is 0.255 e. The molecule has 0 radical (unpaired) electrons. The van der Waals surface area contributed by atoms with E-state index in [9.17, 15) is 8.78 Å². The molecule has 1 heterocycles. The Hall–Kier alpha value is -1.59. The van der Waals surface area contributed by atoms with Crippen LogP contribution in [-0.4, -0.2) is 24.6 Å². The van der Waals surface area contributed by atoms with Gasteiger partial charge in [-0.05, 0) is 18.1 Å². The Morgan fingerprint density at radius 2 is 2.12 bits per heavy atom. The van der Waals surface area contributed by atoms with Gasteiger partial charge in [0.15, 0.2) is 0 Å². The van der Waals surface area contributed by atoms with E-state index in [0.717, 1.165) is 0 Å². The molecule has 0 saturated heterocycles. The monoisotopic (exact) mass is 245 g/mol. The summed E-state index contributed by atoms with van der Waals surface area (Å²) in [7, 11) is 0. The zero-order valence-electron chi connectivity index (χ0n) is 9.91. The minimum absolute atomic E-state index is 0.276. The van der Waals surface area contributed by atoms with Crippen molar-refractivity contribution >= 4 is 11.5 Å². The van der Waals surface area contributed by atoms with E-state index in [0.29, 0.717) is 24.0 Å². The number of nitrogens with zero attached hydrogens (tertiary/aromatic N) is 1. The van der Waals surface area contributed by atoms with E-state index in [1.165, 1.54) is 0 Å². The van der Waals surface area contributed by atoms with Crippen molar-refractivity contribution in [1.82, 2.24) is 4.98 Å². The van der Waals surface area contributed by atoms with Gasteiger partial charge in [0.25, 0.3) is 6.43 Å². The third kappa shape index (κ3) is 4.84. The van der Waals surface area contributed by atoms with Crippen molar-refractivity contribution in [3.63, 3.8) is 0 Å². The number of nitrogens with one attached hydrogen (secondary N) is 1. The van der Waals surface area contributed by atoms with Crippen LogP contribution in [0.3, 0.4) is 0 Å². The molecule has 1 aromatic heterocycles. The Bertz CT molecular complexity index is 359. The second-order valence-corrected chi connectivity index (χ2v) is 4.07. The van der Waals surface area contributed by atoms with Crippen LogP contribution < -0.4 is 15.8 Å². The standard InChI is InChI=1S/C11H17F2N3O/c1-7(2)6-17-11-8(14)3-4-10(16-11)15-5-9(12)13/h3-4,7,9H,5-6,14H2,1-2H3,(H,15,16). The second kappa shape index (κ2) is 6.22. The summed E-state index contributed by atoms with van der Waals surface area (Å²) in [5.41, 5.74) is 6.06. The third-order valence-electron chi connectivity index (χ3n) is 1.88. The SMILES string of the molecule is CC(C)COc1nc(NCC(F)F)ccc1N. The Morgan fingerprint density at radius 3 is 2.71 bits per heavy atom. The number of alkyl halides is 2. The molecule has 4 nitrogen and oxygen atoms in total. The highest BCUT2D eigenvalue weighted by Crippen LogP contribution is 2.21. The summed E-state index contributed by atoms with van der Waals surface area (Å²) >= 11 is 0. The van der Waals surface area contributed by atoms with Crippen molar-refractivity contribution in [3.05, 3.63) is 12.1 Å². The Morgan fingerprint density at radius 1 is 1.41 bits per heavy atom. The average molecular weight is 245 g/mol. The minimum Gasteiger partial charge on any atom is -0.476 e. The molecule has 0 aliphatic heterocycles. The summed E-state index contributed by atoms with van der Waals surface area (Å²) in [6.07, 6.45) is -2.42. The summed E-state index contributed by atoms with van der Waals surface area (Å²) < 4.78 is 29.4. The van der Waals surface area contributed by atoms with Crippen molar-refractivity contribution in [2.75, 3.05) is 24.2 Å². The largest absolute Gasteiger partial charge is 0.476 e. The molecule has 0 aliphatic rings. The molecule has 0 bridgehead atoms.